The van der Waals surface area contributed by atoms with Crippen molar-refractivity contribution in [2.75, 3.05) is 11.9 Å². The van der Waals surface area contributed by atoms with E-state index in [1.807, 2.05) is 18.5 Å². The minimum atomic E-state index is 0.626. The zero-order valence-corrected chi connectivity index (χ0v) is 12.1. The van der Waals surface area contributed by atoms with Crippen molar-refractivity contribution in [3.63, 3.8) is 0 Å². The second-order valence-electron chi connectivity index (χ2n) is 5.19. The van der Waals surface area contributed by atoms with Crippen molar-refractivity contribution in [2.45, 2.75) is 39.0 Å². The second kappa shape index (κ2) is 5.57. The van der Waals surface area contributed by atoms with Gasteiger partial charge in [0.15, 0.2) is 5.82 Å². The standard InChI is InChI=1S/C16H20N4/c1-3-11-10-17-8-7-13(11)16-19-14(12-5-6-12)9-15(20-16)18-4-2/h7-10,12H,3-6H2,1-2H3,(H,18,19,20). The van der Waals surface area contributed by atoms with Gasteiger partial charge in [0.1, 0.15) is 5.82 Å². The van der Waals surface area contributed by atoms with Crippen LogP contribution in [0.2, 0.25) is 0 Å². The number of rotatable bonds is 5. The van der Waals surface area contributed by atoms with Gasteiger partial charge in [-0.3, -0.25) is 4.98 Å². The van der Waals surface area contributed by atoms with Crippen LogP contribution in [0.5, 0.6) is 0 Å². The van der Waals surface area contributed by atoms with E-state index in [1.165, 1.54) is 24.1 Å². The first-order valence-corrected chi connectivity index (χ1v) is 7.38. The summed E-state index contributed by atoms with van der Waals surface area (Å²) in [7, 11) is 0. The van der Waals surface area contributed by atoms with Crippen molar-refractivity contribution in [3.8, 4) is 11.4 Å². The fraction of sp³-hybridized carbons (Fsp3) is 0.438. The Morgan fingerprint density at radius 2 is 2.10 bits per heavy atom. The molecular weight excluding hydrogens is 248 g/mol. The fourth-order valence-electron chi connectivity index (χ4n) is 2.37. The molecular formula is C16H20N4. The Hall–Kier alpha value is -1.97. The van der Waals surface area contributed by atoms with E-state index >= 15 is 0 Å². The number of anilines is 1. The molecule has 4 nitrogen and oxygen atoms in total. The molecule has 2 aromatic rings. The predicted molar refractivity (Wildman–Crippen MR) is 80.8 cm³/mol. The highest BCUT2D eigenvalue weighted by Gasteiger charge is 2.26. The summed E-state index contributed by atoms with van der Waals surface area (Å²) in [5.74, 6) is 2.38. The molecule has 1 N–H and O–H groups in total. The average Bonchev–Trinajstić information content (AvgIpc) is 3.32. The number of nitrogens with zero attached hydrogens (tertiary/aromatic N) is 3. The highest BCUT2D eigenvalue weighted by atomic mass is 15.0. The molecule has 4 heteroatoms. The SMILES string of the molecule is CCNc1cc(C2CC2)nc(-c2ccncc2CC)n1. The maximum absolute atomic E-state index is 4.78. The Kier molecular flexibility index (Phi) is 3.63. The summed E-state index contributed by atoms with van der Waals surface area (Å²) >= 11 is 0. The molecule has 1 saturated carbocycles. The summed E-state index contributed by atoms with van der Waals surface area (Å²) in [6.07, 6.45) is 7.17. The highest BCUT2D eigenvalue weighted by molar-refractivity contribution is 5.61. The van der Waals surface area contributed by atoms with Gasteiger partial charge in [-0.15, -0.1) is 0 Å². The Morgan fingerprint density at radius 1 is 1.25 bits per heavy atom. The molecule has 1 aliphatic carbocycles. The third-order valence-electron chi connectivity index (χ3n) is 3.62. The van der Waals surface area contributed by atoms with Gasteiger partial charge in [0, 0.05) is 42.2 Å². The number of hydrogen-bond acceptors (Lipinski definition) is 4. The number of pyridine rings is 1. The molecule has 0 aromatic carbocycles. The number of aromatic nitrogens is 3. The van der Waals surface area contributed by atoms with Crippen molar-refractivity contribution >= 4 is 5.82 Å². The van der Waals surface area contributed by atoms with Crippen molar-refractivity contribution in [2.24, 2.45) is 0 Å². The monoisotopic (exact) mass is 268 g/mol. The molecule has 0 bridgehead atoms. The van der Waals surface area contributed by atoms with Crippen LogP contribution in [0.25, 0.3) is 11.4 Å². The number of nitrogens with one attached hydrogen (secondary N) is 1. The summed E-state index contributed by atoms with van der Waals surface area (Å²) in [4.78, 5) is 13.6. The van der Waals surface area contributed by atoms with E-state index in [2.05, 4.69) is 35.2 Å². The first-order valence-electron chi connectivity index (χ1n) is 7.38. The lowest BCUT2D eigenvalue weighted by Gasteiger charge is -2.10. The maximum Gasteiger partial charge on any atom is 0.162 e. The number of hydrogen-bond donors (Lipinski definition) is 1. The van der Waals surface area contributed by atoms with Gasteiger partial charge in [-0.05, 0) is 37.8 Å². The molecule has 0 spiro atoms. The lowest BCUT2D eigenvalue weighted by Crippen LogP contribution is -2.04. The van der Waals surface area contributed by atoms with Crippen LogP contribution < -0.4 is 5.32 Å². The van der Waals surface area contributed by atoms with Gasteiger partial charge in [-0.2, -0.15) is 0 Å². The maximum atomic E-state index is 4.78. The molecule has 0 unspecified atom stereocenters. The van der Waals surface area contributed by atoms with E-state index in [0.717, 1.165) is 30.2 Å². The van der Waals surface area contributed by atoms with Crippen LogP contribution in [0.3, 0.4) is 0 Å². The van der Waals surface area contributed by atoms with Crippen molar-refractivity contribution in [1.82, 2.24) is 15.0 Å². The third kappa shape index (κ3) is 2.64. The predicted octanol–water partition coefficient (Wildman–Crippen LogP) is 3.41. The van der Waals surface area contributed by atoms with Crippen LogP contribution in [0.15, 0.2) is 24.5 Å². The van der Waals surface area contributed by atoms with Gasteiger partial charge in [0.05, 0.1) is 0 Å². The Balaban J connectivity index is 2.07. The lowest BCUT2D eigenvalue weighted by atomic mass is 10.1. The van der Waals surface area contributed by atoms with Crippen molar-refractivity contribution in [3.05, 3.63) is 35.8 Å². The summed E-state index contributed by atoms with van der Waals surface area (Å²) in [5.41, 5.74) is 3.47. The van der Waals surface area contributed by atoms with E-state index < -0.39 is 0 Å². The molecule has 0 amide bonds. The van der Waals surface area contributed by atoms with Crippen molar-refractivity contribution in [1.29, 1.82) is 0 Å². The smallest absolute Gasteiger partial charge is 0.162 e. The molecule has 20 heavy (non-hydrogen) atoms. The largest absolute Gasteiger partial charge is 0.370 e. The second-order valence-corrected chi connectivity index (χ2v) is 5.19. The Morgan fingerprint density at radius 3 is 2.80 bits per heavy atom. The molecule has 0 atom stereocenters. The van der Waals surface area contributed by atoms with Gasteiger partial charge in [-0.1, -0.05) is 6.92 Å². The quantitative estimate of drug-likeness (QED) is 0.902. The lowest BCUT2D eigenvalue weighted by molar-refractivity contribution is 0.981. The molecule has 1 fully saturated rings. The van der Waals surface area contributed by atoms with Crippen molar-refractivity contribution < 1.29 is 0 Å². The minimum Gasteiger partial charge on any atom is -0.370 e. The number of aryl methyl sites for hydroxylation is 1. The topological polar surface area (TPSA) is 50.7 Å². The normalized spacial score (nSPS) is 14.3. The van der Waals surface area contributed by atoms with Crippen LogP contribution in [0.1, 0.15) is 43.9 Å². The van der Waals surface area contributed by atoms with Crippen LogP contribution in [0.4, 0.5) is 5.82 Å². The van der Waals surface area contributed by atoms with Gasteiger partial charge >= 0.3 is 0 Å². The Labute approximate surface area is 119 Å². The van der Waals surface area contributed by atoms with Gasteiger partial charge < -0.3 is 5.32 Å². The summed E-state index contributed by atoms with van der Waals surface area (Å²) < 4.78 is 0. The van der Waals surface area contributed by atoms with E-state index in [9.17, 15) is 0 Å². The van der Waals surface area contributed by atoms with Crippen LogP contribution in [-0.4, -0.2) is 21.5 Å². The van der Waals surface area contributed by atoms with E-state index in [0.29, 0.717) is 5.92 Å². The summed E-state index contributed by atoms with van der Waals surface area (Å²) in [5, 5.41) is 3.31. The molecule has 3 rings (SSSR count). The van der Waals surface area contributed by atoms with Crippen LogP contribution in [0, 0.1) is 0 Å². The molecule has 0 aliphatic heterocycles. The van der Waals surface area contributed by atoms with Crippen LogP contribution in [-0.2, 0) is 6.42 Å². The van der Waals surface area contributed by atoms with Gasteiger partial charge in [-0.25, -0.2) is 9.97 Å². The zero-order chi connectivity index (χ0) is 13.9. The fourth-order valence-corrected chi connectivity index (χ4v) is 2.37. The first kappa shape index (κ1) is 13.0. The molecule has 0 radical (unpaired) electrons. The zero-order valence-electron chi connectivity index (χ0n) is 12.1. The molecule has 2 aromatic heterocycles. The average molecular weight is 268 g/mol. The molecule has 104 valence electrons. The van der Waals surface area contributed by atoms with E-state index in [1.54, 1.807) is 0 Å². The minimum absolute atomic E-state index is 0.626. The summed E-state index contributed by atoms with van der Waals surface area (Å²) in [6, 6.07) is 4.11. The van der Waals surface area contributed by atoms with Crippen LogP contribution >= 0.6 is 0 Å². The Bertz CT molecular complexity index is 605. The molecule has 1 aliphatic rings. The van der Waals surface area contributed by atoms with Gasteiger partial charge in [0.2, 0.25) is 0 Å². The van der Waals surface area contributed by atoms with E-state index in [4.69, 9.17) is 4.98 Å². The van der Waals surface area contributed by atoms with E-state index in [-0.39, 0.29) is 0 Å². The molecule has 0 saturated heterocycles. The summed E-state index contributed by atoms with van der Waals surface area (Å²) in [6.45, 7) is 5.09. The molecule has 2 heterocycles. The first-order chi connectivity index (χ1) is 9.81. The van der Waals surface area contributed by atoms with Gasteiger partial charge in [0.25, 0.3) is 0 Å². The third-order valence-corrected chi connectivity index (χ3v) is 3.62. The highest BCUT2D eigenvalue weighted by Crippen LogP contribution is 2.40.